The standard InChI is InChI=1S/C11H22N2O2/c1-2-3-7-13(10-4-5-10)11(14)9-15-8-6-12/h10H,2-9,12H2,1H3. The van der Waals surface area contributed by atoms with Gasteiger partial charge in [-0.3, -0.25) is 4.79 Å². The zero-order valence-corrected chi connectivity index (χ0v) is 9.58. The van der Waals surface area contributed by atoms with Crippen LogP contribution in [0.4, 0.5) is 0 Å². The summed E-state index contributed by atoms with van der Waals surface area (Å²) in [7, 11) is 0. The first-order valence-corrected chi connectivity index (χ1v) is 5.86. The highest BCUT2D eigenvalue weighted by Gasteiger charge is 2.31. The van der Waals surface area contributed by atoms with Crippen molar-refractivity contribution in [1.29, 1.82) is 0 Å². The van der Waals surface area contributed by atoms with Gasteiger partial charge in [0.2, 0.25) is 5.91 Å². The van der Waals surface area contributed by atoms with Crippen LogP contribution in [-0.2, 0) is 9.53 Å². The van der Waals surface area contributed by atoms with E-state index in [-0.39, 0.29) is 12.5 Å². The minimum atomic E-state index is 0.124. The van der Waals surface area contributed by atoms with Crippen molar-refractivity contribution in [3.05, 3.63) is 0 Å². The van der Waals surface area contributed by atoms with E-state index >= 15 is 0 Å². The van der Waals surface area contributed by atoms with Crippen molar-refractivity contribution >= 4 is 5.91 Å². The van der Waals surface area contributed by atoms with Crippen LogP contribution in [0.2, 0.25) is 0 Å². The van der Waals surface area contributed by atoms with Crippen LogP contribution in [-0.4, -0.2) is 43.2 Å². The Morgan fingerprint density at radius 1 is 1.53 bits per heavy atom. The minimum absolute atomic E-state index is 0.124. The Bertz CT molecular complexity index is 193. The van der Waals surface area contributed by atoms with Crippen LogP contribution in [0.1, 0.15) is 32.6 Å². The Kier molecular flexibility index (Phi) is 5.65. The fourth-order valence-electron chi connectivity index (χ4n) is 1.55. The first-order chi connectivity index (χ1) is 7.29. The summed E-state index contributed by atoms with van der Waals surface area (Å²) in [6.07, 6.45) is 4.53. The molecule has 0 unspecified atom stereocenters. The summed E-state index contributed by atoms with van der Waals surface area (Å²) in [6, 6.07) is 0.491. The molecule has 1 saturated carbocycles. The normalized spacial score (nSPS) is 15.3. The van der Waals surface area contributed by atoms with Crippen molar-refractivity contribution in [1.82, 2.24) is 4.90 Å². The maximum Gasteiger partial charge on any atom is 0.248 e. The molecule has 0 heterocycles. The van der Waals surface area contributed by atoms with Gasteiger partial charge in [-0.15, -0.1) is 0 Å². The van der Waals surface area contributed by atoms with Crippen molar-refractivity contribution in [3.8, 4) is 0 Å². The smallest absolute Gasteiger partial charge is 0.248 e. The van der Waals surface area contributed by atoms with Crippen molar-refractivity contribution in [2.24, 2.45) is 5.73 Å². The number of hydrogen-bond acceptors (Lipinski definition) is 3. The maximum absolute atomic E-state index is 11.8. The number of carbonyl (C=O) groups excluding carboxylic acids is 1. The average Bonchev–Trinajstić information content (AvgIpc) is 3.03. The van der Waals surface area contributed by atoms with E-state index in [1.165, 1.54) is 0 Å². The van der Waals surface area contributed by atoms with Gasteiger partial charge in [0.25, 0.3) is 0 Å². The summed E-state index contributed by atoms with van der Waals surface area (Å²) in [5.74, 6) is 0.124. The lowest BCUT2D eigenvalue weighted by molar-refractivity contribution is -0.136. The lowest BCUT2D eigenvalue weighted by Gasteiger charge is -2.22. The Labute approximate surface area is 91.8 Å². The van der Waals surface area contributed by atoms with E-state index in [1.807, 2.05) is 4.90 Å². The number of nitrogens with two attached hydrogens (primary N) is 1. The van der Waals surface area contributed by atoms with Crippen LogP contribution < -0.4 is 5.73 Å². The molecule has 1 rings (SSSR count). The van der Waals surface area contributed by atoms with Gasteiger partial charge in [-0.25, -0.2) is 0 Å². The average molecular weight is 214 g/mol. The van der Waals surface area contributed by atoms with Gasteiger partial charge in [0.1, 0.15) is 6.61 Å². The third-order valence-corrected chi connectivity index (χ3v) is 2.55. The molecule has 4 heteroatoms. The molecule has 0 aromatic rings. The fourth-order valence-corrected chi connectivity index (χ4v) is 1.55. The third-order valence-electron chi connectivity index (χ3n) is 2.55. The quantitative estimate of drug-likeness (QED) is 0.607. The van der Waals surface area contributed by atoms with E-state index in [9.17, 15) is 4.79 Å². The van der Waals surface area contributed by atoms with E-state index in [2.05, 4.69) is 6.92 Å². The van der Waals surface area contributed by atoms with E-state index in [4.69, 9.17) is 10.5 Å². The SMILES string of the molecule is CCCCN(C(=O)COCCN)C1CC1. The minimum Gasteiger partial charge on any atom is -0.370 e. The van der Waals surface area contributed by atoms with Gasteiger partial charge in [0, 0.05) is 19.1 Å². The molecule has 1 fully saturated rings. The molecular formula is C11H22N2O2. The summed E-state index contributed by atoms with van der Waals surface area (Å²) >= 11 is 0. The summed E-state index contributed by atoms with van der Waals surface area (Å²) in [5.41, 5.74) is 5.29. The van der Waals surface area contributed by atoms with Crippen LogP contribution in [0.15, 0.2) is 0 Å². The molecule has 0 bridgehead atoms. The summed E-state index contributed by atoms with van der Waals surface area (Å²) < 4.78 is 5.17. The molecule has 0 aromatic carbocycles. The highest BCUT2D eigenvalue weighted by atomic mass is 16.5. The first kappa shape index (κ1) is 12.5. The van der Waals surface area contributed by atoms with Crippen molar-refractivity contribution in [2.45, 2.75) is 38.6 Å². The second-order valence-corrected chi connectivity index (χ2v) is 4.01. The lowest BCUT2D eigenvalue weighted by atomic mass is 10.3. The van der Waals surface area contributed by atoms with Crippen molar-refractivity contribution in [3.63, 3.8) is 0 Å². The van der Waals surface area contributed by atoms with Gasteiger partial charge in [-0.05, 0) is 19.3 Å². The Morgan fingerprint density at radius 2 is 2.27 bits per heavy atom. The predicted molar refractivity (Wildman–Crippen MR) is 59.5 cm³/mol. The predicted octanol–water partition coefficient (Wildman–Crippen LogP) is 0.753. The molecule has 88 valence electrons. The molecule has 0 atom stereocenters. The van der Waals surface area contributed by atoms with Crippen LogP contribution in [0, 0.1) is 0 Å². The molecule has 0 aromatic heterocycles. The summed E-state index contributed by atoms with van der Waals surface area (Å²) in [6.45, 7) is 4.16. The van der Waals surface area contributed by atoms with E-state index < -0.39 is 0 Å². The second kappa shape index (κ2) is 6.80. The van der Waals surface area contributed by atoms with E-state index in [1.54, 1.807) is 0 Å². The zero-order chi connectivity index (χ0) is 11.1. The Hall–Kier alpha value is -0.610. The van der Waals surface area contributed by atoms with E-state index in [0.717, 1.165) is 32.2 Å². The second-order valence-electron chi connectivity index (χ2n) is 4.01. The van der Waals surface area contributed by atoms with Crippen LogP contribution in [0.5, 0.6) is 0 Å². The molecule has 4 nitrogen and oxygen atoms in total. The third kappa shape index (κ3) is 4.62. The number of hydrogen-bond donors (Lipinski definition) is 1. The van der Waals surface area contributed by atoms with Gasteiger partial charge >= 0.3 is 0 Å². The maximum atomic E-state index is 11.8. The van der Waals surface area contributed by atoms with Gasteiger partial charge in [0.15, 0.2) is 0 Å². The molecule has 15 heavy (non-hydrogen) atoms. The molecule has 1 aliphatic carbocycles. The lowest BCUT2D eigenvalue weighted by Crippen LogP contribution is -2.37. The molecule has 0 radical (unpaired) electrons. The molecular weight excluding hydrogens is 192 g/mol. The monoisotopic (exact) mass is 214 g/mol. The highest BCUT2D eigenvalue weighted by molar-refractivity contribution is 5.78. The van der Waals surface area contributed by atoms with Gasteiger partial charge < -0.3 is 15.4 Å². The Balaban J connectivity index is 2.24. The van der Waals surface area contributed by atoms with Gasteiger partial charge in [-0.1, -0.05) is 13.3 Å². The zero-order valence-electron chi connectivity index (χ0n) is 9.58. The number of ether oxygens (including phenoxy) is 1. The van der Waals surface area contributed by atoms with Crippen LogP contribution in [0.25, 0.3) is 0 Å². The largest absolute Gasteiger partial charge is 0.370 e. The van der Waals surface area contributed by atoms with Gasteiger partial charge in [0.05, 0.1) is 6.61 Å². The summed E-state index contributed by atoms with van der Waals surface area (Å²) in [4.78, 5) is 13.7. The van der Waals surface area contributed by atoms with Crippen LogP contribution >= 0.6 is 0 Å². The van der Waals surface area contributed by atoms with E-state index in [0.29, 0.717) is 19.2 Å². The van der Waals surface area contributed by atoms with Crippen LogP contribution in [0.3, 0.4) is 0 Å². The van der Waals surface area contributed by atoms with Crippen molar-refractivity contribution in [2.75, 3.05) is 26.3 Å². The summed E-state index contributed by atoms with van der Waals surface area (Å²) in [5, 5.41) is 0. The highest BCUT2D eigenvalue weighted by Crippen LogP contribution is 2.27. The van der Waals surface area contributed by atoms with Crippen molar-refractivity contribution < 1.29 is 9.53 Å². The molecule has 0 aliphatic heterocycles. The number of amides is 1. The molecule has 0 spiro atoms. The molecule has 2 N–H and O–H groups in total. The first-order valence-electron chi connectivity index (χ1n) is 5.86. The molecule has 1 amide bonds. The number of nitrogens with zero attached hydrogens (tertiary/aromatic N) is 1. The van der Waals surface area contributed by atoms with Gasteiger partial charge in [-0.2, -0.15) is 0 Å². The Morgan fingerprint density at radius 3 is 2.80 bits per heavy atom. The molecule has 1 aliphatic rings. The topological polar surface area (TPSA) is 55.6 Å². The number of rotatable bonds is 8. The number of carbonyl (C=O) groups is 1. The fraction of sp³-hybridized carbons (Fsp3) is 0.909. The molecule has 0 saturated heterocycles. The number of unbranched alkanes of at least 4 members (excludes halogenated alkanes) is 1.